The molecular formula is C21H17N3O5. The number of furan rings is 1. The lowest BCUT2D eigenvalue weighted by atomic mass is 9.85. The number of hydrogen-bond acceptors (Lipinski definition) is 6. The second-order valence-corrected chi connectivity index (χ2v) is 7.69. The molecule has 0 radical (unpaired) electrons. The number of carbonyl (C=O) groups is 2. The van der Waals surface area contributed by atoms with Crippen molar-refractivity contribution >= 4 is 23.7 Å². The van der Waals surface area contributed by atoms with Gasteiger partial charge in [-0.2, -0.15) is 10.1 Å². The summed E-state index contributed by atoms with van der Waals surface area (Å²) in [5.74, 6) is -0.0367. The third-order valence-corrected chi connectivity index (χ3v) is 6.07. The predicted octanol–water partition coefficient (Wildman–Crippen LogP) is 3.30. The predicted molar refractivity (Wildman–Crippen MR) is 103 cm³/mol. The first-order valence-electron chi connectivity index (χ1n) is 9.39. The number of allylic oxidation sites excluding steroid dienone is 2. The van der Waals surface area contributed by atoms with Crippen LogP contribution < -0.4 is 0 Å². The van der Waals surface area contributed by atoms with Gasteiger partial charge >= 0.3 is 0 Å². The van der Waals surface area contributed by atoms with E-state index in [0.717, 1.165) is 17.0 Å². The molecule has 1 saturated carbocycles. The molecule has 8 heteroatoms. The second-order valence-electron chi connectivity index (χ2n) is 7.69. The monoisotopic (exact) mass is 391 g/mol. The summed E-state index contributed by atoms with van der Waals surface area (Å²) in [5.41, 5.74) is 1.40. The van der Waals surface area contributed by atoms with Crippen molar-refractivity contribution in [3.05, 3.63) is 63.9 Å². The van der Waals surface area contributed by atoms with Crippen molar-refractivity contribution in [1.82, 2.24) is 5.01 Å². The summed E-state index contributed by atoms with van der Waals surface area (Å²) in [6.07, 6.45) is 6.27. The number of non-ortho nitro benzene ring substituents is 1. The van der Waals surface area contributed by atoms with E-state index in [4.69, 9.17) is 4.42 Å². The van der Waals surface area contributed by atoms with Gasteiger partial charge in [0.15, 0.2) is 0 Å². The van der Waals surface area contributed by atoms with Crippen molar-refractivity contribution in [1.29, 1.82) is 0 Å². The molecule has 29 heavy (non-hydrogen) atoms. The molecular weight excluding hydrogens is 374 g/mol. The maximum absolute atomic E-state index is 12.6. The minimum absolute atomic E-state index is 0.0275. The van der Waals surface area contributed by atoms with E-state index in [2.05, 4.69) is 5.10 Å². The van der Waals surface area contributed by atoms with Crippen LogP contribution in [0.4, 0.5) is 5.69 Å². The van der Waals surface area contributed by atoms with Gasteiger partial charge in [-0.15, -0.1) is 0 Å². The lowest BCUT2D eigenvalue weighted by molar-refractivity contribution is -0.384. The van der Waals surface area contributed by atoms with Crippen LogP contribution in [0.2, 0.25) is 0 Å². The highest BCUT2D eigenvalue weighted by Gasteiger charge is 2.59. The number of nitrogens with zero attached hydrogens (tertiary/aromatic N) is 3. The molecule has 3 aliphatic rings. The van der Waals surface area contributed by atoms with E-state index in [1.807, 2.05) is 19.1 Å². The number of amides is 2. The van der Waals surface area contributed by atoms with Gasteiger partial charge in [0, 0.05) is 17.7 Å². The summed E-state index contributed by atoms with van der Waals surface area (Å²) < 4.78 is 5.73. The fourth-order valence-electron chi connectivity index (χ4n) is 4.67. The molecule has 2 amide bonds. The van der Waals surface area contributed by atoms with E-state index in [1.165, 1.54) is 18.3 Å². The quantitative estimate of drug-likeness (QED) is 0.261. The van der Waals surface area contributed by atoms with Gasteiger partial charge < -0.3 is 4.42 Å². The van der Waals surface area contributed by atoms with Crippen LogP contribution >= 0.6 is 0 Å². The third-order valence-electron chi connectivity index (χ3n) is 6.07. The number of carbonyl (C=O) groups excluding carboxylic acids is 2. The minimum Gasteiger partial charge on any atom is -0.455 e. The first kappa shape index (κ1) is 17.5. The van der Waals surface area contributed by atoms with Crippen LogP contribution in [0.25, 0.3) is 11.3 Å². The van der Waals surface area contributed by atoms with Crippen LogP contribution in [-0.2, 0) is 9.59 Å². The van der Waals surface area contributed by atoms with Crippen LogP contribution in [0.1, 0.15) is 17.7 Å². The number of imide groups is 1. The Kier molecular flexibility index (Phi) is 3.77. The molecule has 5 rings (SSSR count). The topological polar surface area (TPSA) is 106 Å². The first-order valence-corrected chi connectivity index (χ1v) is 9.39. The summed E-state index contributed by atoms with van der Waals surface area (Å²) in [7, 11) is 0. The van der Waals surface area contributed by atoms with Gasteiger partial charge in [-0.05, 0) is 42.9 Å². The summed E-state index contributed by atoms with van der Waals surface area (Å²) in [4.78, 5) is 35.9. The van der Waals surface area contributed by atoms with Gasteiger partial charge in [-0.25, -0.2) is 0 Å². The number of aryl methyl sites for hydroxylation is 1. The number of hydrazone groups is 1. The number of rotatable bonds is 4. The van der Waals surface area contributed by atoms with E-state index in [1.54, 1.807) is 18.2 Å². The second kappa shape index (κ2) is 6.23. The van der Waals surface area contributed by atoms with Crippen LogP contribution in [-0.4, -0.2) is 28.0 Å². The van der Waals surface area contributed by atoms with E-state index < -0.39 is 4.92 Å². The average Bonchev–Trinajstić information content (AvgIpc) is 3.46. The molecule has 1 saturated heterocycles. The van der Waals surface area contributed by atoms with Gasteiger partial charge in [0.05, 0.1) is 23.0 Å². The Morgan fingerprint density at radius 2 is 1.83 bits per heavy atom. The molecule has 4 unspecified atom stereocenters. The SMILES string of the molecule is Cc1ccc([N+](=O)[O-])cc1-c1ccc(C=NN2C(=O)C3C4C=CC(C4)C3C2=O)o1. The molecule has 1 aromatic heterocycles. The average molecular weight is 391 g/mol. The van der Waals surface area contributed by atoms with E-state index >= 15 is 0 Å². The number of nitro groups is 1. The Balaban J connectivity index is 1.38. The molecule has 4 atom stereocenters. The fourth-order valence-corrected chi connectivity index (χ4v) is 4.67. The molecule has 1 aromatic carbocycles. The highest BCUT2D eigenvalue weighted by Crippen LogP contribution is 2.52. The fraction of sp³-hybridized carbons (Fsp3) is 0.286. The normalized spacial score (nSPS) is 27.4. The smallest absolute Gasteiger partial charge is 0.270 e. The highest BCUT2D eigenvalue weighted by molar-refractivity contribution is 6.06. The van der Waals surface area contributed by atoms with E-state index in [9.17, 15) is 19.7 Å². The molecule has 2 fully saturated rings. The van der Waals surface area contributed by atoms with Crippen molar-refractivity contribution in [3.8, 4) is 11.3 Å². The van der Waals surface area contributed by atoms with Crippen molar-refractivity contribution in [2.24, 2.45) is 28.8 Å². The maximum atomic E-state index is 12.6. The number of hydrogen-bond donors (Lipinski definition) is 0. The summed E-state index contributed by atoms with van der Waals surface area (Å²) in [5, 5.41) is 16.1. The lowest BCUT2D eigenvalue weighted by Crippen LogP contribution is -2.28. The van der Waals surface area contributed by atoms with Gasteiger partial charge in [-0.3, -0.25) is 19.7 Å². The Morgan fingerprint density at radius 3 is 2.48 bits per heavy atom. The number of benzene rings is 1. The minimum atomic E-state index is -0.461. The zero-order chi connectivity index (χ0) is 20.3. The molecule has 1 aliphatic heterocycles. The van der Waals surface area contributed by atoms with Crippen molar-refractivity contribution in [2.45, 2.75) is 13.3 Å². The molecule has 146 valence electrons. The van der Waals surface area contributed by atoms with Crippen molar-refractivity contribution in [2.75, 3.05) is 0 Å². The Morgan fingerprint density at radius 1 is 1.14 bits per heavy atom. The molecule has 2 aromatic rings. The number of fused-ring (bicyclic) bond motifs is 5. The van der Waals surface area contributed by atoms with E-state index in [0.29, 0.717) is 17.1 Å². The Labute approximate surface area is 165 Å². The Bertz CT molecular complexity index is 1090. The van der Waals surface area contributed by atoms with Gasteiger partial charge in [0.25, 0.3) is 17.5 Å². The summed E-state index contributed by atoms with van der Waals surface area (Å²) in [6, 6.07) is 7.88. The van der Waals surface area contributed by atoms with Gasteiger partial charge in [0.2, 0.25) is 0 Å². The standard InChI is InChI=1S/C21H17N3O5/c1-11-2-5-14(24(27)28)9-16(11)17-7-6-15(29-17)10-22-23-20(25)18-12-3-4-13(8-12)19(18)21(23)26/h2-7,9-10,12-13,18-19H,8H2,1H3. The van der Waals surface area contributed by atoms with Crippen LogP contribution in [0.15, 0.2) is 52.0 Å². The van der Waals surface area contributed by atoms with E-state index in [-0.39, 0.29) is 41.2 Å². The van der Waals surface area contributed by atoms with Crippen molar-refractivity contribution in [3.63, 3.8) is 0 Å². The highest BCUT2D eigenvalue weighted by atomic mass is 16.6. The Hall–Kier alpha value is -3.55. The molecule has 2 heterocycles. The van der Waals surface area contributed by atoms with Gasteiger partial charge in [0.1, 0.15) is 11.5 Å². The molecule has 2 bridgehead atoms. The largest absolute Gasteiger partial charge is 0.455 e. The zero-order valence-corrected chi connectivity index (χ0v) is 15.5. The zero-order valence-electron chi connectivity index (χ0n) is 15.5. The van der Waals surface area contributed by atoms with Crippen LogP contribution in [0.5, 0.6) is 0 Å². The molecule has 0 N–H and O–H groups in total. The molecule has 8 nitrogen and oxygen atoms in total. The van der Waals surface area contributed by atoms with Crippen LogP contribution in [0, 0.1) is 40.7 Å². The molecule has 2 aliphatic carbocycles. The van der Waals surface area contributed by atoms with Gasteiger partial charge in [-0.1, -0.05) is 18.2 Å². The maximum Gasteiger partial charge on any atom is 0.270 e. The third kappa shape index (κ3) is 2.63. The molecule has 0 spiro atoms. The summed E-state index contributed by atoms with van der Waals surface area (Å²) >= 11 is 0. The number of nitro benzene ring substituents is 1. The van der Waals surface area contributed by atoms with Crippen molar-refractivity contribution < 1.29 is 18.9 Å². The summed E-state index contributed by atoms with van der Waals surface area (Å²) in [6.45, 7) is 1.83. The van der Waals surface area contributed by atoms with Crippen LogP contribution in [0.3, 0.4) is 0 Å². The first-order chi connectivity index (χ1) is 13.9. The lowest BCUT2D eigenvalue weighted by Gasteiger charge is -2.13.